The molecular formula is C13H15ClFNO4. The van der Waals surface area contributed by atoms with Crippen molar-refractivity contribution in [2.45, 2.75) is 25.5 Å². The molecule has 0 saturated carbocycles. The molecule has 0 saturated heterocycles. The first-order valence-electron chi connectivity index (χ1n) is 5.85. The number of benzene rings is 1. The van der Waals surface area contributed by atoms with E-state index in [0.717, 1.165) is 6.07 Å². The lowest BCUT2D eigenvalue weighted by Gasteiger charge is -2.20. The first-order chi connectivity index (χ1) is 9.35. The van der Waals surface area contributed by atoms with Gasteiger partial charge in [0.1, 0.15) is 11.9 Å². The normalized spacial score (nSPS) is 13.6. The van der Waals surface area contributed by atoms with Crippen molar-refractivity contribution in [3.63, 3.8) is 0 Å². The summed E-state index contributed by atoms with van der Waals surface area (Å²) in [5.74, 6) is -2.27. The highest BCUT2D eigenvalue weighted by molar-refractivity contribution is 6.30. The topological polar surface area (TPSA) is 75.6 Å². The molecule has 0 aliphatic rings. The van der Waals surface area contributed by atoms with Gasteiger partial charge in [-0.15, -0.1) is 0 Å². The molecule has 7 heteroatoms. The Morgan fingerprint density at radius 1 is 1.50 bits per heavy atom. The maximum Gasteiger partial charge on any atom is 0.305 e. The number of hydrogen-bond acceptors (Lipinski definition) is 3. The minimum Gasteiger partial charge on any atom is -0.481 e. The molecule has 0 bridgehead atoms. The van der Waals surface area contributed by atoms with Gasteiger partial charge in [-0.3, -0.25) is 9.59 Å². The van der Waals surface area contributed by atoms with Crippen molar-refractivity contribution in [1.29, 1.82) is 0 Å². The SMILES string of the molecule is COC(C)C(=O)NC(CC(=O)O)c1ccc(Cl)c(F)c1. The maximum absolute atomic E-state index is 13.4. The highest BCUT2D eigenvalue weighted by atomic mass is 35.5. The quantitative estimate of drug-likeness (QED) is 0.844. The van der Waals surface area contributed by atoms with Crippen LogP contribution in [0.15, 0.2) is 18.2 Å². The number of ether oxygens (including phenoxy) is 1. The van der Waals surface area contributed by atoms with Gasteiger partial charge in [-0.05, 0) is 24.6 Å². The maximum atomic E-state index is 13.4. The van der Waals surface area contributed by atoms with Gasteiger partial charge in [-0.2, -0.15) is 0 Å². The molecule has 1 aromatic carbocycles. The van der Waals surface area contributed by atoms with E-state index in [1.54, 1.807) is 0 Å². The van der Waals surface area contributed by atoms with Gasteiger partial charge in [-0.1, -0.05) is 17.7 Å². The molecule has 110 valence electrons. The van der Waals surface area contributed by atoms with Gasteiger partial charge >= 0.3 is 5.97 Å². The van der Waals surface area contributed by atoms with Crippen LogP contribution in [0.5, 0.6) is 0 Å². The predicted octanol–water partition coefficient (Wildman–Crippen LogP) is 2.15. The van der Waals surface area contributed by atoms with Gasteiger partial charge in [0.25, 0.3) is 0 Å². The molecule has 0 aromatic heterocycles. The van der Waals surface area contributed by atoms with Crippen LogP contribution in [0.1, 0.15) is 24.9 Å². The van der Waals surface area contributed by atoms with Gasteiger partial charge in [0.2, 0.25) is 5.91 Å². The molecule has 1 amide bonds. The summed E-state index contributed by atoms with van der Waals surface area (Å²) in [6.07, 6.45) is -1.10. The average molecular weight is 304 g/mol. The molecule has 0 fully saturated rings. The molecular weight excluding hydrogens is 289 g/mol. The third-order valence-corrected chi connectivity index (χ3v) is 3.07. The van der Waals surface area contributed by atoms with Crippen molar-refractivity contribution in [2.24, 2.45) is 0 Å². The highest BCUT2D eigenvalue weighted by Gasteiger charge is 2.22. The number of carbonyl (C=O) groups excluding carboxylic acids is 1. The lowest BCUT2D eigenvalue weighted by molar-refractivity contribution is -0.138. The van der Waals surface area contributed by atoms with Crippen molar-refractivity contribution in [3.8, 4) is 0 Å². The lowest BCUT2D eigenvalue weighted by atomic mass is 10.0. The van der Waals surface area contributed by atoms with Crippen LogP contribution in [-0.2, 0) is 14.3 Å². The molecule has 0 radical (unpaired) electrons. The van der Waals surface area contributed by atoms with E-state index in [0.29, 0.717) is 5.56 Å². The fourth-order valence-electron chi connectivity index (χ4n) is 1.55. The standard InChI is InChI=1S/C13H15ClFNO4/c1-7(20-2)13(19)16-11(6-12(17)18)8-3-4-9(14)10(15)5-8/h3-5,7,11H,6H2,1-2H3,(H,16,19)(H,17,18). The number of carbonyl (C=O) groups is 2. The van der Waals surface area contributed by atoms with Crippen LogP contribution in [0.4, 0.5) is 4.39 Å². The smallest absolute Gasteiger partial charge is 0.305 e. The minimum absolute atomic E-state index is 0.0700. The van der Waals surface area contributed by atoms with Crippen LogP contribution in [-0.4, -0.2) is 30.2 Å². The molecule has 1 rings (SSSR count). The summed E-state index contributed by atoms with van der Waals surface area (Å²) < 4.78 is 18.3. The first-order valence-corrected chi connectivity index (χ1v) is 6.22. The van der Waals surface area contributed by atoms with Crippen LogP contribution in [0.25, 0.3) is 0 Å². The third kappa shape index (κ3) is 4.47. The Bertz CT molecular complexity index is 509. The van der Waals surface area contributed by atoms with Gasteiger partial charge in [-0.25, -0.2) is 4.39 Å². The van der Waals surface area contributed by atoms with Gasteiger partial charge in [0.05, 0.1) is 17.5 Å². The average Bonchev–Trinajstić information content (AvgIpc) is 2.39. The Labute approximate surface area is 120 Å². The van der Waals surface area contributed by atoms with Crippen molar-refractivity contribution >= 4 is 23.5 Å². The van der Waals surface area contributed by atoms with E-state index in [-0.39, 0.29) is 11.4 Å². The Kier molecular flexibility index (Phi) is 5.91. The van der Waals surface area contributed by atoms with Gasteiger partial charge < -0.3 is 15.2 Å². The van der Waals surface area contributed by atoms with Gasteiger partial charge in [0, 0.05) is 7.11 Å². The van der Waals surface area contributed by atoms with Crippen LogP contribution in [0.2, 0.25) is 5.02 Å². The van der Waals surface area contributed by atoms with Crippen molar-refractivity contribution in [2.75, 3.05) is 7.11 Å². The summed E-state index contributed by atoms with van der Waals surface area (Å²) in [5.41, 5.74) is 0.325. The number of halogens is 2. The molecule has 2 atom stereocenters. The molecule has 2 unspecified atom stereocenters. The van der Waals surface area contributed by atoms with Crippen molar-refractivity contribution < 1.29 is 23.8 Å². The van der Waals surface area contributed by atoms with E-state index in [4.69, 9.17) is 21.4 Å². The number of carboxylic acid groups (broad SMARTS) is 1. The van der Waals surface area contributed by atoms with Gasteiger partial charge in [0.15, 0.2) is 0 Å². The zero-order chi connectivity index (χ0) is 15.3. The number of carboxylic acids is 1. The number of hydrogen-bond donors (Lipinski definition) is 2. The largest absolute Gasteiger partial charge is 0.481 e. The molecule has 2 N–H and O–H groups in total. The summed E-state index contributed by atoms with van der Waals surface area (Å²) >= 11 is 5.57. The lowest BCUT2D eigenvalue weighted by Crippen LogP contribution is -2.37. The Balaban J connectivity index is 2.96. The van der Waals surface area contributed by atoms with Crippen molar-refractivity contribution in [1.82, 2.24) is 5.32 Å². The number of methoxy groups -OCH3 is 1. The Hall–Kier alpha value is -1.66. The zero-order valence-corrected chi connectivity index (χ0v) is 11.8. The highest BCUT2D eigenvalue weighted by Crippen LogP contribution is 2.22. The number of aliphatic carboxylic acids is 1. The van der Waals surface area contributed by atoms with E-state index in [9.17, 15) is 14.0 Å². The molecule has 0 aliphatic carbocycles. The Morgan fingerprint density at radius 2 is 2.15 bits per heavy atom. The second-order valence-corrected chi connectivity index (χ2v) is 4.62. The first kappa shape index (κ1) is 16.4. The summed E-state index contributed by atoms with van der Waals surface area (Å²) in [4.78, 5) is 22.6. The predicted molar refractivity (Wildman–Crippen MR) is 71.0 cm³/mol. The third-order valence-electron chi connectivity index (χ3n) is 2.76. The molecule has 0 spiro atoms. The monoisotopic (exact) mass is 303 g/mol. The molecule has 0 aliphatic heterocycles. The van der Waals surface area contributed by atoms with Crippen LogP contribution in [0.3, 0.4) is 0 Å². The minimum atomic E-state index is -1.12. The van der Waals surface area contributed by atoms with Crippen LogP contribution >= 0.6 is 11.6 Å². The fourth-order valence-corrected chi connectivity index (χ4v) is 1.67. The summed E-state index contributed by atoms with van der Waals surface area (Å²) in [5, 5.41) is 11.3. The van der Waals surface area contributed by atoms with E-state index < -0.39 is 29.8 Å². The summed E-state index contributed by atoms with van der Waals surface area (Å²) in [6.45, 7) is 1.52. The van der Waals surface area contributed by atoms with Crippen LogP contribution < -0.4 is 5.32 Å². The number of rotatable bonds is 6. The van der Waals surface area contributed by atoms with Crippen molar-refractivity contribution in [3.05, 3.63) is 34.6 Å². The van der Waals surface area contributed by atoms with Crippen LogP contribution in [0, 0.1) is 5.82 Å². The molecule has 20 heavy (non-hydrogen) atoms. The van der Waals surface area contributed by atoms with E-state index in [2.05, 4.69) is 5.32 Å². The molecule has 0 heterocycles. The summed E-state index contributed by atoms with van der Waals surface area (Å²) in [7, 11) is 1.36. The fraction of sp³-hybridized carbons (Fsp3) is 0.385. The summed E-state index contributed by atoms with van der Waals surface area (Å²) in [6, 6.07) is 3.03. The Morgan fingerprint density at radius 3 is 2.65 bits per heavy atom. The van der Waals surface area contributed by atoms with E-state index >= 15 is 0 Å². The van der Waals surface area contributed by atoms with E-state index in [1.807, 2.05) is 0 Å². The number of nitrogens with one attached hydrogen (secondary N) is 1. The molecule has 5 nitrogen and oxygen atoms in total. The molecule has 1 aromatic rings. The number of amides is 1. The van der Waals surface area contributed by atoms with E-state index in [1.165, 1.54) is 26.2 Å². The zero-order valence-electron chi connectivity index (χ0n) is 11.0. The second-order valence-electron chi connectivity index (χ2n) is 4.21. The second kappa shape index (κ2) is 7.21.